The molecule has 0 aromatic heterocycles. The Morgan fingerprint density at radius 3 is 2.04 bits per heavy atom. The van der Waals surface area contributed by atoms with Gasteiger partial charge in [-0.2, -0.15) is 0 Å². The molecule has 2 N–H and O–H groups in total. The molecule has 3 amide bonds. The minimum absolute atomic E-state index is 0.0344. The standard InChI is InChI=1S/C39H56ClN3O5/c1-13-17-30(48-29-21-20-25(36(7,8)14-2)22-28(29)37(9,10)15-3)41-26-18-16-19-27(23-26)42-33(46)39(40,32(45)35(4,5)6)43-31(44)24-38(11,12)34(43)47/h16,18-23,30,41H,13-15,17,24H2,1-12H3,(H,42,46). The molecule has 0 spiro atoms. The number of hydrogen-bond acceptors (Lipinski definition) is 6. The van der Waals surface area contributed by atoms with Crippen molar-refractivity contribution in [1.82, 2.24) is 4.90 Å². The number of halogens is 1. The number of hydrogen-bond donors (Lipinski definition) is 2. The monoisotopic (exact) mass is 681 g/mol. The van der Waals surface area contributed by atoms with Crippen LogP contribution in [-0.4, -0.2) is 39.6 Å². The van der Waals surface area contributed by atoms with Crippen molar-refractivity contribution >= 4 is 46.5 Å². The van der Waals surface area contributed by atoms with Crippen LogP contribution in [0.25, 0.3) is 0 Å². The van der Waals surface area contributed by atoms with E-state index in [-0.39, 0.29) is 23.5 Å². The van der Waals surface area contributed by atoms with Gasteiger partial charge in [0.05, 0.1) is 5.41 Å². The van der Waals surface area contributed by atoms with E-state index in [4.69, 9.17) is 16.3 Å². The Hall–Kier alpha value is -3.39. The van der Waals surface area contributed by atoms with E-state index in [2.05, 4.69) is 77.3 Å². The molecule has 0 bridgehead atoms. The minimum Gasteiger partial charge on any atom is -0.470 e. The molecule has 2 aromatic rings. The van der Waals surface area contributed by atoms with Crippen LogP contribution in [0.15, 0.2) is 42.5 Å². The molecular weight excluding hydrogens is 626 g/mol. The number of nitrogens with one attached hydrogen (secondary N) is 2. The first-order valence-corrected chi connectivity index (χ1v) is 17.5. The summed E-state index contributed by atoms with van der Waals surface area (Å²) < 4.78 is 6.69. The molecule has 0 saturated carbocycles. The number of anilines is 2. The number of nitrogens with zero attached hydrogens (tertiary/aromatic N) is 1. The molecule has 8 nitrogen and oxygen atoms in total. The van der Waals surface area contributed by atoms with E-state index in [0.717, 1.165) is 30.6 Å². The van der Waals surface area contributed by atoms with Gasteiger partial charge >= 0.3 is 0 Å². The molecule has 1 heterocycles. The lowest BCUT2D eigenvalue weighted by atomic mass is 9.76. The molecule has 1 aliphatic heterocycles. The van der Waals surface area contributed by atoms with Crippen LogP contribution in [-0.2, 0) is 30.0 Å². The smallest absolute Gasteiger partial charge is 0.274 e. The Balaban J connectivity index is 1.94. The molecule has 1 aliphatic rings. The minimum atomic E-state index is -2.56. The van der Waals surface area contributed by atoms with Crippen molar-refractivity contribution in [3.8, 4) is 5.75 Å². The van der Waals surface area contributed by atoms with Crippen LogP contribution in [0.4, 0.5) is 11.4 Å². The van der Waals surface area contributed by atoms with Gasteiger partial charge in [0.15, 0.2) is 12.0 Å². The van der Waals surface area contributed by atoms with Crippen molar-refractivity contribution in [2.75, 3.05) is 10.6 Å². The van der Waals surface area contributed by atoms with Crippen LogP contribution < -0.4 is 15.4 Å². The summed E-state index contributed by atoms with van der Waals surface area (Å²) in [5.74, 6) is -2.23. The number of ketones is 1. The van der Waals surface area contributed by atoms with Gasteiger partial charge in [-0.1, -0.05) is 119 Å². The predicted octanol–water partition coefficient (Wildman–Crippen LogP) is 8.95. The highest BCUT2D eigenvalue weighted by Crippen LogP contribution is 2.42. The van der Waals surface area contributed by atoms with E-state index < -0.39 is 39.3 Å². The lowest BCUT2D eigenvalue weighted by Gasteiger charge is -2.37. The van der Waals surface area contributed by atoms with E-state index in [9.17, 15) is 19.2 Å². The van der Waals surface area contributed by atoms with E-state index in [1.54, 1.807) is 52.8 Å². The zero-order valence-corrected chi connectivity index (χ0v) is 31.8. The highest BCUT2D eigenvalue weighted by molar-refractivity contribution is 6.50. The number of rotatable bonds is 14. The molecule has 0 radical (unpaired) electrons. The van der Waals surface area contributed by atoms with Gasteiger partial charge < -0.3 is 15.4 Å². The number of ether oxygens (including phenoxy) is 1. The largest absolute Gasteiger partial charge is 0.470 e. The molecule has 1 fully saturated rings. The molecule has 2 aromatic carbocycles. The SMILES string of the molecule is CCCC(Nc1cccc(NC(=O)C(Cl)(C(=O)C(C)(C)C)N2C(=O)CC(C)(C)C2=O)c1)Oc1ccc(C(C)(C)CC)cc1C(C)(C)CC. The summed E-state index contributed by atoms with van der Waals surface area (Å²) in [5.41, 5.74) is 1.15. The molecule has 1 saturated heterocycles. The Kier molecular flexibility index (Phi) is 11.6. The molecular formula is C39H56ClN3O5. The second kappa shape index (κ2) is 14.2. The van der Waals surface area contributed by atoms with E-state index in [1.165, 1.54) is 5.56 Å². The fourth-order valence-corrected chi connectivity index (χ4v) is 6.21. The van der Waals surface area contributed by atoms with E-state index >= 15 is 0 Å². The van der Waals surface area contributed by atoms with Crippen molar-refractivity contribution in [2.24, 2.45) is 10.8 Å². The van der Waals surface area contributed by atoms with Crippen molar-refractivity contribution < 1.29 is 23.9 Å². The van der Waals surface area contributed by atoms with Gasteiger partial charge in [0, 0.05) is 35.2 Å². The lowest BCUT2D eigenvalue weighted by Crippen LogP contribution is -2.63. The third-order valence-electron chi connectivity index (χ3n) is 9.74. The summed E-state index contributed by atoms with van der Waals surface area (Å²) in [6, 6.07) is 13.5. The number of imide groups is 1. The summed E-state index contributed by atoms with van der Waals surface area (Å²) in [4.78, 5) is 52.1. The predicted molar refractivity (Wildman–Crippen MR) is 194 cm³/mol. The highest BCUT2D eigenvalue weighted by atomic mass is 35.5. The third-order valence-corrected chi connectivity index (χ3v) is 10.3. The first-order chi connectivity index (χ1) is 22.0. The number of alkyl halides is 1. The van der Waals surface area contributed by atoms with Gasteiger partial charge in [-0.25, -0.2) is 4.90 Å². The number of carbonyl (C=O) groups is 4. The Morgan fingerprint density at radius 1 is 0.917 bits per heavy atom. The van der Waals surface area contributed by atoms with Crippen molar-refractivity contribution in [3.63, 3.8) is 0 Å². The average molecular weight is 682 g/mol. The van der Waals surface area contributed by atoms with Crippen LogP contribution in [0.5, 0.6) is 5.75 Å². The van der Waals surface area contributed by atoms with E-state index in [0.29, 0.717) is 22.7 Å². The average Bonchev–Trinajstić information content (AvgIpc) is 3.21. The van der Waals surface area contributed by atoms with Gasteiger partial charge in [0.2, 0.25) is 11.8 Å². The topological polar surface area (TPSA) is 105 Å². The second-order valence-electron chi connectivity index (χ2n) is 16.1. The summed E-state index contributed by atoms with van der Waals surface area (Å²) in [7, 11) is 0. The molecule has 2 atom stereocenters. The highest BCUT2D eigenvalue weighted by Gasteiger charge is 2.62. The fraction of sp³-hybridized carbons (Fsp3) is 0.590. The van der Waals surface area contributed by atoms with Gasteiger partial charge in [0.25, 0.3) is 10.9 Å². The van der Waals surface area contributed by atoms with Gasteiger partial charge in [-0.05, 0) is 53.5 Å². The van der Waals surface area contributed by atoms with Crippen LogP contribution in [0.2, 0.25) is 0 Å². The molecule has 264 valence electrons. The summed E-state index contributed by atoms with van der Waals surface area (Å²) >= 11 is 6.85. The molecule has 2 unspecified atom stereocenters. The van der Waals surface area contributed by atoms with Gasteiger partial charge in [-0.15, -0.1) is 0 Å². The van der Waals surface area contributed by atoms with Crippen molar-refractivity contribution in [3.05, 3.63) is 53.6 Å². The lowest BCUT2D eigenvalue weighted by molar-refractivity contribution is -0.156. The van der Waals surface area contributed by atoms with Crippen LogP contribution >= 0.6 is 11.6 Å². The quantitative estimate of drug-likeness (QED) is 0.0678. The Morgan fingerprint density at radius 2 is 1.52 bits per heavy atom. The Labute approximate surface area is 292 Å². The maximum absolute atomic E-state index is 13.9. The third kappa shape index (κ3) is 8.07. The maximum Gasteiger partial charge on any atom is 0.274 e. The van der Waals surface area contributed by atoms with Crippen molar-refractivity contribution in [1.29, 1.82) is 0 Å². The normalized spacial score (nSPS) is 17.1. The van der Waals surface area contributed by atoms with Crippen LogP contribution in [0, 0.1) is 10.8 Å². The van der Waals surface area contributed by atoms with Gasteiger partial charge in [0.1, 0.15) is 5.75 Å². The van der Waals surface area contributed by atoms with Crippen LogP contribution in [0.1, 0.15) is 126 Å². The van der Waals surface area contributed by atoms with Gasteiger partial charge in [-0.3, -0.25) is 19.2 Å². The number of carbonyl (C=O) groups excluding carboxylic acids is 4. The number of benzene rings is 2. The Bertz CT molecular complexity index is 1540. The molecule has 0 aliphatic carbocycles. The molecule has 48 heavy (non-hydrogen) atoms. The van der Waals surface area contributed by atoms with Crippen LogP contribution in [0.3, 0.4) is 0 Å². The zero-order chi connectivity index (χ0) is 36.5. The number of likely N-dealkylation sites (tertiary alicyclic amines) is 1. The number of amides is 3. The van der Waals surface area contributed by atoms with E-state index in [1.807, 2.05) is 6.07 Å². The number of Topliss-reactive ketones (excluding diaryl/α,β-unsaturated/α-hetero) is 1. The first kappa shape index (κ1) is 39.1. The summed E-state index contributed by atoms with van der Waals surface area (Å²) in [6.45, 7) is 23.4. The second-order valence-corrected chi connectivity index (χ2v) is 16.6. The molecule has 3 rings (SSSR count). The zero-order valence-electron chi connectivity index (χ0n) is 31.0. The molecule has 9 heteroatoms. The summed E-state index contributed by atoms with van der Waals surface area (Å²) in [5, 5.41) is 6.19. The first-order valence-electron chi connectivity index (χ1n) is 17.2. The van der Waals surface area contributed by atoms with Crippen molar-refractivity contribution in [2.45, 2.75) is 137 Å². The summed E-state index contributed by atoms with van der Waals surface area (Å²) in [6.07, 6.45) is 3.00. The maximum atomic E-state index is 13.9. The fourth-order valence-electron chi connectivity index (χ4n) is 5.70.